The lowest BCUT2D eigenvalue weighted by atomic mass is 9.98. The van der Waals surface area contributed by atoms with E-state index in [2.05, 4.69) is 30.4 Å². The lowest BCUT2D eigenvalue weighted by Crippen LogP contribution is -2.39. The van der Waals surface area contributed by atoms with Gasteiger partial charge in [-0.05, 0) is 102 Å². The zero-order valence-electron chi connectivity index (χ0n) is 42.6. The topological polar surface area (TPSA) is 265 Å². The summed E-state index contributed by atoms with van der Waals surface area (Å²) in [6, 6.07) is 14.1. The molecule has 4 fully saturated rings. The smallest absolute Gasteiger partial charge is 0.256 e. The summed E-state index contributed by atoms with van der Waals surface area (Å²) in [7, 11) is -7.18. The highest BCUT2D eigenvalue weighted by Crippen LogP contribution is 2.37. The van der Waals surface area contributed by atoms with E-state index in [0.29, 0.717) is 76.3 Å². The van der Waals surface area contributed by atoms with Gasteiger partial charge in [-0.25, -0.2) is 42.4 Å². The molecule has 1 aliphatic carbocycles. The summed E-state index contributed by atoms with van der Waals surface area (Å²) in [5.74, 6) is -0.424. The first kappa shape index (κ1) is 56.9. The number of carbonyl (C=O) groups is 2. The number of aromatic nitrogens is 6. The molecule has 6 atom stereocenters. The van der Waals surface area contributed by atoms with Crippen LogP contribution in [-0.2, 0) is 20.0 Å². The van der Waals surface area contributed by atoms with Crippen molar-refractivity contribution in [2.45, 2.75) is 102 Å². The number of nitrogens with zero attached hydrogens (tertiary/aromatic N) is 11. The number of anilines is 3. The molecule has 408 valence electrons. The van der Waals surface area contributed by atoms with E-state index in [9.17, 15) is 36.8 Å². The van der Waals surface area contributed by atoms with Crippen LogP contribution in [0.4, 0.5) is 17.2 Å². The van der Waals surface area contributed by atoms with E-state index in [1.54, 1.807) is 31.1 Å². The number of likely N-dealkylation sites (tertiary alicyclic amines) is 2. The second-order valence-corrected chi connectivity index (χ2v) is 24.5. The van der Waals surface area contributed by atoms with Crippen molar-refractivity contribution >= 4 is 95.2 Å². The number of aryl methyl sites for hydroxylation is 2. The number of amides is 2. The minimum absolute atomic E-state index is 0.0880. The molecule has 3 saturated heterocycles. The number of sulfonamides is 2. The highest BCUT2D eigenvalue weighted by molar-refractivity contribution is 7.92. The third-order valence-electron chi connectivity index (χ3n) is 13.8. The van der Waals surface area contributed by atoms with E-state index in [1.807, 2.05) is 37.1 Å². The Morgan fingerprint density at radius 3 is 1.65 bits per heavy atom. The van der Waals surface area contributed by atoms with Gasteiger partial charge in [-0.2, -0.15) is 15.5 Å². The van der Waals surface area contributed by atoms with Crippen molar-refractivity contribution in [2.24, 2.45) is 5.92 Å². The third kappa shape index (κ3) is 13.5. The maximum atomic E-state index is 13.8. The van der Waals surface area contributed by atoms with Crippen LogP contribution in [0.25, 0.3) is 16.1 Å². The Balaban J connectivity index is 0.000000180. The van der Waals surface area contributed by atoms with Crippen molar-refractivity contribution in [1.82, 2.24) is 39.0 Å². The molecule has 4 aliphatic rings. The van der Waals surface area contributed by atoms with Gasteiger partial charge in [-0.1, -0.05) is 34.8 Å². The van der Waals surface area contributed by atoms with E-state index >= 15 is 0 Å². The Morgan fingerprint density at radius 1 is 0.701 bits per heavy atom. The fourth-order valence-electron chi connectivity index (χ4n) is 10.1. The van der Waals surface area contributed by atoms with E-state index < -0.39 is 32.1 Å². The van der Waals surface area contributed by atoms with Gasteiger partial charge in [0.05, 0.1) is 76.6 Å². The first-order valence-electron chi connectivity index (χ1n) is 24.9. The van der Waals surface area contributed by atoms with Crippen molar-refractivity contribution < 1.29 is 36.6 Å². The predicted molar refractivity (Wildman–Crippen MR) is 293 cm³/mol. The van der Waals surface area contributed by atoms with E-state index in [-0.39, 0.29) is 58.5 Å². The van der Waals surface area contributed by atoms with E-state index in [0.717, 1.165) is 75.0 Å². The number of fused-ring (bicyclic) bond motifs is 2. The largest absolute Gasteiger partial charge is 0.390 e. The molecule has 2 amide bonds. The average Bonchev–Trinajstić information content (AvgIpc) is 4.20. The Bertz CT molecular complexity index is 3490. The molecule has 3 aliphatic heterocycles. The van der Waals surface area contributed by atoms with Gasteiger partial charge in [0, 0.05) is 78.3 Å². The number of β-amino-alcohol motifs (C(OH)–C–C–N with tert-alkyl or cyclic N) is 1. The maximum absolute atomic E-state index is 13.8. The molecule has 10 rings (SSSR count). The van der Waals surface area contributed by atoms with Crippen molar-refractivity contribution in [3.05, 3.63) is 121 Å². The normalized spacial score (nSPS) is 21.6. The molecule has 0 bridgehead atoms. The van der Waals surface area contributed by atoms with Crippen LogP contribution in [-0.4, -0.2) is 135 Å². The number of aliphatic hydroxyl groups excluding tert-OH is 2. The second-order valence-electron chi connectivity index (χ2n) is 19.8. The Hall–Kier alpha value is -6.31. The number of hydrogen-bond donors (Lipinski definition) is 4. The number of benzene rings is 2. The molecule has 77 heavy (non-hydrogen) atoms. The molecule has 7 heterocycles. The first-order chi connectivity index (χ1) is 36.5. The highest BCUT2D eigenvalue weighted by atomic mass is 35.5. The van der Waals surface area contributed by atoms with Gasteiger partial charge in [0.25, 0.3) is 11.8 Å². The van der Waals surface area contributed by atoms with Gasteiger partial charge < -0.3 is 29.8 Å². The molecular weight excluding hydrogens is 1090 g/mol. The molecule has 6 aromatic rings. The van der Waals surface area contributed by atoms with Crippen LogP contribution in [0.1, 0.15) is 113 Å². The number of aliphatic hydroxyl groups is 2. The van der Waals surface area contributed by atoms with E-state index in [1.165, 1.54) is 30.3 Å². The number of halogens is 3. The molecule has 0 radical (unpaired) electrons. The summed E-state index contributed by atoms with van der Waals surface area (Å²) in [5, 5.41) is 38.9. The van der Waals surface area contributed by atoms with Gasteiger partial charge in [0.15, 0.2) is 11.3 Å². The summed E-state index contributed by atoms with van der Waals surface area (Å²) in [6.07, 6.45) is 12.3. The number of carbonyl (C=O) groups excluding carboxylic acids is 2. The Kier molecular flexibility index (Phi) is 17.5. The summed E-state index contributed by atoms with van der Waals surface area (Å²) in [4.78, 5) is 45.0. The molecule has 26 heteroatoms. The lowest BCUT2D eigenvalue weighted by Gasteiger charge is -2.35. The molecular formula is C51H58Cl3N13O8S2. The number of rotatable bonds is 9. The monoisotopic (exact) mass is 1150 g/mol. The highest BCUT2D eigenvalue weighted by Gasteiger charge is 2.36. The Morgan fingerprint density at radius 2 is 1.21 bits per heavy atom. The van der Waals surface area contributed by atoms with Crippen LogP contribution in [0.15, 0.2) is 60.9 Å². The van der Waals surface area contributed by atoms with Crippen molar-refractivity contribution in [2.75, 3.05) is 53.0 Å². The molecule has 21 nitrogen and oxygen atoms in total. The first-order valence-corrected chi connectivity index (χ1v) is 29.9. The minimum atomic E-state index is -3.61. The number of hydrogen-bond acceptors (Lipinski definition) is 14. The summed E-state index contributed by atoms with van der Waals surface area (Å²) in [6.45, 7) is 12.1. The summed E-state index contributed by atoms with van der Waals surface area (Å²) in [5.41, 5.74) is 4.98. The maximum Gasteiger partial charge on any atom is 0.256 e. The van der Waals surface area contributed by atoms with Gasteiger partial charge in [-0.15, -0.1) is 0 Å². The Labute approximate surface area is 461 Å². The molecule has 4 aromatic heterocycles. The van der Waals surface area contributed by atoms with Gasteiger partial charge in [0.2, 0.25) is 26.1 Å². The van der Waals surface area contributed by atoms with Crippen LogP contribution in [0.3, 0.4) is 0 Å². The van der Waals surface area contributed by atoms with Crippen LogP contribution < -0.4 is 14.3 Å². The predicted octanol–water partition coefficient (Wildman–Crippen LogP) is 7.65. The van der Waals surface area contributed by atoms with Gasteiger partial charge in [-0.3, -0.25) is 19.0 Å². The summed E-state index contributed by atoms with van der Waals surface area (Å²) >= 11 is 18.4. The average molecular weight is 1150 g/mol. The molecule has 0 spiro atoms. The van der Waals surface area contributed by atoms with Gasteiger partial charge in [0.1, 0.15) is 17.1 Å². The fourth-order valence-corrected chi connectivity index (χ4v) is 11.7. The van der Waals surface area contributed by atoms with E-state index in [4.69, 9.17) is 56.6 Å². The van der Waals surface area contributed by atoms with Crippen LogP contribution >= 0.6 is 34.8 Å². The molecule has 0 unspecified atom stereocenters. The van der Waals surface area contributed by atoms with Gasteiger partial charge >= 0.3 is 0 Å². The molecule has 2 aromatic carbocycles. The second kappa shape index (κ2) is 23.7. The SMILES string of the molecule is Cc1cn2nc([C@@H]3CCCCN3C(=O)c3cc(Cl)ccc3NS(C)(=O)=O)cc2nc1Cl.Cc1cn2nc([C@@H]3CCCCN3C(=O)c3cc(Cl)ccc3NS(C)(=O)=O)cc2nc1N1C[C@@H](C#N)[C@@H](O)C1.[C-]#[N+][C@@H]1CCC[C@@H]1O. The fraction of sp³-hybridized carbons (Fsp3) is 0.451. The summed E-state index contributed by atoms with van der Waals surface area (Å²) < 4.78 is 55.5. The van der Waals surface area contributed by atoms with Crippen LogP contribution in [0.5, 0.6) is 0 Å². The quantitative estimate of drug-likeness (QED) is 0.0800. The molecule has 4 N–H and O–H groups in total. The number of nitriles is 1. The van der Waals surface area contributed by atoms with Crippen molar-refractivity contribution in [3.8, 4) is 6.07 Å². The third-order valence-corrected chi connectivity index (χ3v) is 15.8. The van der Waals surface area contributed by atoms with Crippen molar-refractivity contribution in [1.29, 1.82) is 5.26 Å². The molecule has 1 saturated carbocycles. The zero-order valence-corrected chi connectivity index (χ0v) is 46.5. The van der Waals surface area contributed by atoms with Crippen LogP contribution in [0, 0.1) is 37.7 Å². The number of piperidine rings is 2. The lowest BCUT2D eigenvalue weighted by molar-refractivity contribution is 0.0600. The van der Waals surface area contributed by atoms with Crippen LogP contribution in [0.2, 0.25) is 15.2 Å². The minimum Gasteiger partial charge on any atom is -0.390 e. The zero-order chi connectivity index (χ0) is 55.5. The van der Waals surface area contributed by atoms with Crippen molar-refractivity contribution in [3.63, 3.8) is 0 Å². The number of nitrogens with one attached hydrogen (secondary N) is 2. The standard InChI is InChI=1S/C25H28ClN7O4S.C20H21Cl2N5O3S.C6H9NO/c1-15-12-33-23(28-24(15)31-13-16(11-27)22(34)14-31)10-20(29-33)21-5-3-4-8-32(21)25(35)18-9-17(26)6-7-19(18)30-38(2,36)37;1-12-11-27-18(23-19(12)22)10-16(24-27)17-5-3-4-8-26(17)20(28)14-9-13(21)6-7-15(14)25-31(2,29)30;1-7-5-3-2-4-6(5)8/h6-7,9-10,12,16,21-22,30,34H,3-5,8,13-14H2,1-2H3;6-7,9-11,17,25H,3-5,8H2,1-2H3;5-6,8H,2-4H2/t16-,21+,22+;17-;5-,6+/m101/s1.